The molecule has 7 heteroatoms. The van der Waals surface area contributed by atoms with E-state index in [0.717, 1.165) is 32.1 Å². The van der Waals surface area contributed by atoms with E-state index in [2.05, 4.69) is 0 Å². The first-order valence-electron chi connectivity index (χ1n) is 7.67. The summed E-state index contributed by atoms with van der Waals surface area (Å²) in [7, 11) is 1.83. The molecule has 1 amide bonds. The standard InChI is InChI=1S/C15H21N3O4/c1-3-17-14(22)11-13(21)12(20)10(19)9-18(11)16(2)15(17)7-5-4-6-8-15/h9,19,21H,3-8H2,1-2H3. The molecule has 0 atom stereocenters. The van der Waals surface area contributed by atoms with Crippen LogP contribution in [0, 0.1) is 0 Å². The van der Waals surface area contributed by atoms with Crippen LogP contribution >= 0.6 is 0 Å². The second kappa shape index (κ2) is 4.93. The second-order valence-corrected chi connectivity index (χ2v) is 6.00. The summed E-state index contributed by atoms with van der Waals surface area (Å²) in [5, 5.41) is 21.6. The van der Waals surface area contributed by atoms with E-state index in [1.54, 1.807) is 4.90 Å². The first kappa shape index (κ1) is 14.7. The molecule has 1 aromatic rings. The van der Waals surface area contributed by atoms with Gasteiger partial charge in [0.2, 0.25) is 0 Å². The van der Waals surface area contributed by atoms with Crippen molar-refractivity contribution in [3.05, 3.63) is 22.1 Å². The molecular formula is C15H21N3O4. The van der Waals surface area contributed by atoms with Gasteiger partial charge in [0.1, 0.15) is 5.66 Å². The van der Waals surface area contributed by atoms with Gasteiger partial charge in [0.05, 0.1) is 6.20 Å². The zero-order valence-corrected chi connectivity index (χ0v) is 12.9. The molecule has 22 heavy (non-hydrogen) atoms. The van der Waals surface area contributed by atoms with Crippen molar-refractivity contribution in [3.8, 4) is 11.5 Å². The predicted molar refractivity (Wildman–Crippen MR) is 80.7 cm³/mol. The van der Waals surface area contributed by atoms with E-state index in [1.807, 2.05) is 19.0 Å². The molecule has 1 aliphatic heterocycles. The van der Waals surface area contributed by atoms with Crippen LogP contribution in [0.5, 0.6) is 11.5 Å². The van der Waals surface area contributed by atoms with Gasteiger partial charge in [-0.3, -0.25) is 19.3 Å². The van der Waals surface area contributed by atoms with Gasteiger partial charge in [-0.15, -0.1) is 0 Å². The van der Waals surface area contributed by atoms with Crippen LogP contribution in [-0.4, -0.2) is 45.0 Å². The smallest absolute Gasteiger partial charge is 0.278 e. The third-order valence-electron chi connectivity index (χ3n) is 4.99. The van der Waals surface area contributed by atoms with Gasteiger partial charge in [0.25, 0.3) is 11.3 Å². The van der Waals surface area contributed by atoms with Gasteiger partial charge < -0.3 is 15.1 Å². The number of pyridine rings is 1. The van der Waals surface area contributed by atoms with E-state index in [1.165, 1.54) is 10.9 Å². The Hall–Kier alpha value is -2.18. The predicted octanol–water partition coefficient (Wildman–Crippen LogP) is 0.963. The lowest BCUT2D eigenvalue weighted by atomic mass is 9.86. The molecule has 0 aromatic carbocycles. The number of nitrogens with zero attached hydrogens (tertiary/aromatic N) is 3. The quantitative estimate of drug-likeness (QED) is 0.807. The monoisotopic (exact) mass is 307 g/mol. The summed E-state index contributed by atoms with van der Waals surface area (Å²) in [4.78, 5) is 26.3. The topological polar surface area (TPSA) is 86.0 Å². The van der Waals surface area contributed by atoms with Gasteiger partial charge >= 0.3 is 0 Å². The molecule has 2 aliphatic rings. The number of aromatic nitrogens is 1. The maximum Gasteiger partial charge on any atom is 0.278 e. The van der Waals surface area contributed by atoms with Crippen LogP contribution in [-0.2, 0) is 0 Å². The number of hydrogen-bond acceptors (Lipinski definition) is 5. The van der Waals surface area contributed by atoms with Gasteiger partial charge in [0.15, 0.2) is 17.2 Å². The maximum absolute atomic E-state index is 12.8. The molecule has 1 aromatic heterocycles. The molecular weight excluding hydrogens is 286 g/mol. The van der Waals surface area contributed by atoms with Gasteiger partial charge in [-0.1, -0.05) is 6.42 Å². The first-order valence-corrected chi connectivity index (χ1v) is 7.67. The summed E-state index contributed by atoms with van der Waals surface area (Å²) >= 11 is 0. The molecule has 2 heterocycles. The Morgan fingerprint density at radius 2 is 1.82 bits per heavy atom. The van der Waals surface area contributed by atoms with Gasteiger partial charge in [-0.25, -0.2) is 0 Å². The highest BCUT2D eigenvalue weighted by Gasteiger charge is 2.49. The second-order valence-electron chi connectivity index (χ2n) is 6.00. The van der Waals surface area contributed by atoms with E-state index in [-0.39, 0.29) is 11.6 Å². The Labute approximate surface area is 128 Å². The fourth-order valence-corrected chi connectivity index (χ4v) is 3.85. The number of fused-ring (bicyclic) bond motifs is 1. The number of amides is 1. The Morgan fingerprint density at radius 3 is 2.41 bits per heavy atom. The van der Waals surface area contributed by atoms with Crippen LogP contribution in [0.1, 0.15) is 49.5 Å². The molecule has 7 nitrogen and oxygen atoms in total. The Kier molecular flexibility index (Phi) is 3.30. The summed E-state index contributed by atoms with van der Waals surface area (Å²) in [6, 6.07) is 0. The highest BCUT2D eigenvalue weighted by molar-refractivity contribution is 5.97. The average molecular weight is 307 g/mol. The van der Waals surface area contributed by atoms with Gasteiger partial charge in [-0.05, 0) is 32.6 Å². The minimum atomic E-state index is -0.913. The molecule has 1 spiro atoms. The van der Waals surface area contributed by atoms with E-state index in [9.17, 15) is 19.8 Å². The summed E-state index contributed by atoms with van der Waals surface area (Å²) in [5.74, 6) is -1.62. The third-order valence-corrected chi connectivity index (χ3v) is 4.99. The van der Waals surface area contributed by atoms with E-state index < -0.39 is 22.6 Å². The fraction of sp³-hybridized carbons (Fsp3) is 0.600. The molecule has 0 unspecified atom stereocenters. The Morgan fingerprint density at radius 1 is 1.18 bits per heavy atom. The highest BCUT2D eigenvalue weighted by Crippen LogP contribution is 2.40. The van der Waals surface area contributed by atoms with Crippen molar-refractivity contribution in [3.63, 3.8) is 0 Å². The largest absolute Gasteiger partial charge is 0.503 e. The van der Waals surface area contributed by atoms with Crippen molar-refractivity contribution >= 4 is 5.91 Å². The SMILES string of the molecule is CCN1C(=O)c2c(O)c(=O)c(O)cn2N(C)C12CCCCC2. The van der Waals surface area contributed by atoms with Crippen molar-refractivity contribution in [2.75, 3.05) is 18.6 Å². The van der Waals surface area contributed by atoms with Gasteiger partial charge in [0, 0.05) is 13.6 Å². The van der Waals surface area contributed by atoms with Crippen LogP contribution in [0.15, 0.2) is 11.0 Å². The minimum absolute atomic E-state index is 0.0802. The third kappa shape index (κ3) is 1.74. The molecule has 1 saturated carbocycles. The molecule has 2 N–H and O–H groups in total. The van der Waals surface area contributed by atoms with Crippen molar-refractivity contribution in [1.82, 2.24) is 9.58 Å². The van der Waals surface area contributed by atoms with Crippen molar-refractivity contribution in [1.29, 1.82) is 0 Å². The van der Waals surface area contributed by atoms with E-state index >= 15 is 0 Å². The van der Waals surface area contributed by atoms with Crippen molar-refractivity contribution in [2.45, 2.75) is 44.7 Å². The average Bonchev–Trinajstić information content (AvgIpc) is 2.51. The van der Waals surface area contributed by atoms with Crippen LogP contribution in [0.4, 0.5) is 0 Å². The molecule has 1 fully saturated rings. The Bertz CT molecular complexity index is 676. The lowest BCUT2D eigenvalue weighted by Gasteiger charge is -2.55. The van der Waals surface area contributed by atoms with Crippen LogP contribution in [0.3, 0.4) is 0 Å². The van der Waals surface area contributed by atoms with Gasteiger partial charge in [-0.2, -0.15) is 0 Å². The van der Waals surface area contributed by atoms with Crippen LogP contribution in [0.25, 0.3) is 0 Å². The highest BCUT2D eigenvalue weighted by atomic mass is 16.3. The van der Waals surface area contributed by atoms with Crippen molar-refractivity contribution < 1.29 is 15.0 Å². The minimum Gasteiger partial charge on any atom is -0.503 e. The van der Waals surface area contributed by atoms with Crippen LogP contribution in [0.2, 0.25) is 0 Å². The number of rotatable bonds is 1. The fourth-order valence-electron chi connectivity index (χ4n) is 3.85. The summed E-state index contributed by atoms with van der Waals surface area (Å²) in [5.41, 5.74) is -1.46. The first-order chi connectivity index (χ1) is 10.4. The summed E-state index contributed by atoms with van der Waals surface area (Å²) in [6.07, 6.45) is 6.04. The summed E-state index contributed by atoms with van der Waals surface area (Å²) in [6.45, 7) is 2.39. The van der Waals surface area contributed by atoms with E-state index in [4.69, 9.17) is 0 Å². The summed E-state index contributed by atoms with van der Waals surface area (Å²) < 4.78 is 1.42. The van der Waals surface area contributed by atoms with E-state index in [0.29, 0.717) is 6.54 Å². The molecule has 0 saturated heterocycles. The molecule has 0 radical (unpaired) electrons. The number of carbonyl (C=O) groups is 1. The number of aromatic hydroxyl groups is 2. The Balaban J connectivity index is 2.25. The zero-order valence-electron chi connectivity index (χ0n) is 12.9. The lowest BCUT2D eigenvalue weighted by Crippen LogP contribution is -2.69. The van der Waals surface area contributed by atoms with Crippen LogP contribution < -0.4 is 10.4 Å². The normalized spacial score (nSPS) is 20.4. The molecule has 0 bridgehead atoms. The lowest BCUT2D eigenvalue weighted by molar-refractivity contribution is 0.0144. The maximum atomic E-state index is 12.8. The molecule has 3 rings (SSSR count). The molecule has 120 valence electrons. The van der Waals surface area contributed by atoms with Crippen molar-refractivity contribution in [2.24, 2.45) is 0 Å². The molecule has 1 aliphatic carbocycles. The number of carbonyl (C=O) groups excluding carboxylic acids is 1. The number of hydrogen-bond donors (Lipinski definition) is 2. The zero-order chi connectivity index (χ0) is 16.1.